The number of rotatable bonds is 1. The summed E-state index contributed by atoms with van der Waals surface area (Å²) < 4.78 is 13.9. The molecule has 3 nitrogen and oxygen atoms in total. The lowest BCUT2D eigenvalue weighted by atomic mass is 9.99. The smallest absolute Gasteiger partial charge is 0.221 e. The van der Waals surface area contributed by atoms with Crippen molar-refractivity contribution in [2.24, 2.45) is 0 Å². The molecular formula is C11H13FN2O. The summed E-state index contributed by atoms with van der Waals surface area (Å²) >= 11 is 0. The van der Waals surface area contributed by atoms with Crippen molar-refractivity contribution in [1.29, 1.82) is 0 Å². The number of benzene rings is 1. The first-order valence-electron chi connectivity index (χ1n) is 4.97. The zero-order valence-corrected chi connectivity index (χ0v) is 8.56. The Morgan fingerprint density at radius 2 is 2.33 bits per heavy atom. The second-order valence-electron chi connectivity index (χ2n) is 3.67. The lowest BCUT2D eigenvalue weighted by Gasteiger charge is -2.19. The van der Waals surface area contributed by atoms with Crippen LogP contribution < -0.4 is 10.6 Å². The van der Waals surface area contributed by atoms with Gasteiger partial charge in [-0.25, -0.2) is 4.39 Å². The molecule has 1 heterocycles. The Morgan fingerprint density at radius 1 is 1.53 bits per heavy atom. The molecule has 0 atom stereocenters. The number of amides is 1. The van der Waals surface area contributed by atoms with Gasteiger partial charge in [-0.2, -0.15) is 0 Å². The number of carbonyl (C=O) groups is 1. The second kappa shape index (κ2) is 3.98. The Kier molecular flexibility index (Phi) is 2.68. The molecule has 2 N–H and O–H groups in total. The number of nitrogens with one attached hydrogen (secondary N) is 2. The predicted octanol–water partition coefficient (Wildman–Crippen LogP) is 1.43. The Bertz CT molecular complexity index is 404. The van der Waals surface area contributed by atoms with Crippen LogP contribution in [0.5, 0.6) is 0 Å². The van der Waals surface area contributed by atoms with E-state index in [2.05, 4.69) is 10.6 Å². The summed E-state index contributed by atoms with van der Waals surface area (Å²) in [7, 11) is 0. The Balaban J connectivity index is 2.38. The zero-order valence-electron chi connectivity index (χ0n) is 8.56. The van der Waals surface area contributed by atoms with Crippen molar-refractivity contribution in [2.75, 3.05) is 11.9 Å². The van der Waals surface area contributed by atoms with Crippen LogP contribution in [0.1, 0.15) is 18.1 Å². The molecule has 0 unspecified atom stereocenters. The van der Waals surface area contributed by atoms with Crippen molar-refractivity contribution in [3.05, 3.63) is 29.1 Å². The van der Waals surface area contributed by atoms with Crippen LogP contribution in [0.4, 0.5) is 10.1 Å². The summed E-state index contributed by atoms with van der Waals surface area (Å²) in [6.07, 6.45) is 0.675. The van der Waals surface area contributed by atoms with E-state index < -0.39 is 0 Å². The molecule has 1 aliphatic heterocycles. The van der Waals surface area contributed by atoms with Gasteiger partial charge in [-0.1, -0.05) is 6.07 Å². The SMILES string of the molecule is CC(=O)Nc1ccc2c(c1F)CCNC2. The Hall–Kier alpha value is -1.42. The Labute approximate surface area is 87.7 Å². The van der Waals surface area contributed by atoms with E-state index in [1.807, 2.05) is 6.07 Å². The molecule has 0 aromatic heterocycles. The maximum Gasteiger partial charge on any atom is 0.221 e. The van der Waals surface area contributed by atoms with Gasteiger partial charge in [0.2, 0.25) is 5.91 Å². The largest absolute Gasteiger partial charge is 0.324 e. The molecule has 1 aliphatic rings. The first-order valence-corrected chi connectivity index (χ1v) is 4.97. The van der Waals surface area contributed by atoms with E-state index in [1.54, 1.807) is 6.07 Å². The average molecular weight is 208 g/mol. The minimum Gasteiger partial charge on any atom is -0.324 e. The van der Waals surface area contributed by atoms with E-state index in [1.165, 1.54) is 6.92 Å². The van der Waals surface area contributed by atoms with Crippen molar-refractivity contribution < 1.29 is 9.18 Å². The third-order valence-corrected chi connectivity index (χ3v) is 2.52. The van der Waals surface area contributed by atoms with Gasteiger partial charge in [-0.15, -0.1) is 0 Å². The summed E-state index contributed by atoms with van der Waals surface area (Å²) in [5.41, 5.74) is 1.98. The van der Waals surface area contributed by atoms with Crippen LogP contribution in [0.15, 0.2) is 12.1 Å². The van der Waals surface area contributed by atoms with Crippen molar-refractivity contribution in [3.63, 3.8) is 0 Å². The van der Waals surface area contributed by atoms with Crippen molar-refractivity contribution >= 4 is 11.6 Å². The minimum atomic E-state index is -0.288. The zero-order chi connectivity index (χ0) is 10.8. The molecule has 4 heteroatoms. The van der Waals surface area contributed by atoms with Crippen molar-refractivity contribution in [3.8, 4) is 0 Å². The van der Waals surface area contributed by atoms with E-state index in [9.17, 15) is 9.18 Å². The van der Waals surface area contributed by atoms with Gasteiger partial charge >= 0.3 is 0 Å². The molecule has 0 saturated heterocycles. The normalized spacial score (nSPS) is 14.5. The van der Waals surface area contributed by atoms with E-state index >= 15 is 0 Å². The molecule has 0 spiro atoms. The molecule has 15 heavy (non-hydrogen) atoms. The fourth-order valence-corrected chi connectivity index (χ4v) is 1.82. The highest BCUT2D eigenvalue weighted by Gasteiger charge is 2.16. The van der Waals surface area contributed by atoms with Gasteiger partial charge < -0.3 is 10.6 Å². The molecular weight excluding hydrogens is 195 g/mol. The molecule has 1 amide bonds. The second-order valence-corrected chi connectivity index (χ2v) is 3.67. The van der Waals surface area contributed by atoms with Crippen LogP contribution in [0.3, 0.4) is 0 Å². The lowest BCUT2D eigenvalue weighted by molar-refractivity contribution is -0.114. The average Bonchev–Trinajstić information content (AvgIpc) is 2.22. The van der Waals surface area contributed by atoms with Crippen LogP contribution in [-0.2, 0) is 17.8 Å². The molecule has 1 aromatic carbocycles. The van der Waals surface area contributed by atoms with Gasteiger partial charge in [-0.05, 0) is 30.2 Å². The van der Waals surface area contributed by atoms with Gasteiger partial charge in [0.15, 0.2) is 0 Å². The molecule has 80 valence electrons. The van der Waals surface area contributed by atoms with Crippen LogP contribution in [0.2, 0.25) is 0 Å². The van der Waals surface area contributed by atoms with Crippen LogP contribution in [0, 0.1) is 5.82 Å². The van der Waals surface area contributed by atoms with Gasteiger partial charge in [0.1, 0.15) is 5.82 Å². The maximum atomic E-state index is 13.9. The topological polar surface area (TPSA) is 41.1 Å². The standard InChI is InChI=1S/C11H13FN2O/c1-7(15)14-10-3-2-8-6-13-5-4-9(8)11(10)12/h2-3,13H,4-6H2,1H3,(H,14,15). The highest BCUT2D eigenvalue weighted by molar-refractivity contribution is 5.89. The number of halogens is 1. The summed E-state index contributed by atoms with van der Waals surface area (Å²) in [4.78, 5) is 10.8. The number of carbonyl (C=O) groups excluding carboxylic acids is 1. The minimum absolute atomic E-state index is 0.247. The molecule has 0 saturated carbocycles. The van der Waals surface area contributed by atoms with Crippen LogP contribution in [-0.4, -0.2) is 12.5 Å². The summed E-state index contributed by atoms with van der Waals surface area (Å²) in [6, 6.07) is 3.47. The molecule has 0 fully saturated rings. The monoisotopic (exact) mass is 208 g/mol. The molecule has 0 aliphatic carbocycles. The van der Waals surface area contributed by atoms with Gasteiger partial charge in [0, 0.05) is 13.5 Å². The van der Waals surface area contributed by atoms with Crippen LogP contribution >= 0.6 is 0 Å². The third-order valence-electron chi connectivity index (χ3n) is 2.52. The van der Waals surface area contributed by atoms with Crippen molar-refractivity contribution in [1.82, 2.24) is 5.32 Å². The van der Waals surface area contributed by atoms with E-state index in [4.69, 9.17) is 0 Å². The van der Waals surface area contributed by atoms with Crippen molar-refractivity contribution in [2.45, 2.75) is 19.9 Å². The van der Waals surface area contributed by atoms with E-state index in [0.717, 1.165) is 17.7 Å². The molecule has 1 aromatic rings. The van der Waals surface area contributed by atoms with Gasteiger partial charge in [0.05, 0.1) is 5.69 Å². The number of anilines is 1. The summed E-state index contributed by atoms with van der Waals surface area (Å²) in [5, 5.41) is 5.66. The summed E-state index contributed by atoms with van der Waals surface area (Å²) in [6.45, 7) is 2.86. The predicted molar refractivity (Wildman–Crippen MR) is 56.1 cm³/mol. The first-order chi connectivity index (χ1) is 7.18. The molecule has 0 bridgehead atoms. The number of fused-ring (bicyclic) bond motifs is 1. The number of hydrogen-bond acceptors (Lipinski definition) is 2. The highest BCUT2D eigenvalue weighted by Crippen LogP contribution is 2.24. The quantitative estimate of drug-likeness (QED) is 0.733. The first kappa shape index (κ1) is 10.1. The third kappa shape index (κ3) is 1.99. The molecule has 2 rings (SSSR count). The number of hydrogen-bond donors (Lipinski definition) is 2. The van der Waals surface area contributed by atoms with Gasteiger partial charge in [-0.3, -0.25) is 4.79 Å². The maximum absolute atomic E-state index is 13.9. The fourth-order valence-electron chi connectivity index (χ4n) is 1.82. The van der Waals surface area contributed by atoms with E-state index in [0.29, 0.717) is 13.0 Å². The fraction of sp³-hybridized carbons (Fsp3) is 0.364. The Morgan fingerprint density at radius 3 is 3.07 bits per heavy atom. The molecule has 0 radical (unpaired) electrons. The lowest BCUT2D eigenvalue weighted by Crippen LogP contribution is -2.25. The van der Waals surface area contributed by atoms with Crippen LogP contribution in [0.25, 0.3) is 0 Å². The van der Waals surface area contributed by atoms with E-state index in [-0.39, 0.29) is 17.4 Å². The highest BCUT2D eigenvalue weighted by atomic mass is 19.1. The summed E-state index contributed by atoms with van der Waals surface area (Å²) in [5.74, 6) is -0.535. The van der Waals surface area contributed by atoms with Gasteiger partial charge in [0.25, 0.3) is 0 Å².